The molecule has 0 spiro atoms. The number of carbonyl (C=O) groups is 1. The standard InChI is InChI=1S/C13H19BrN2O2/c1-3-16(5-4-6-17)13(18)11-7-10(14)8-12(15)9(11)2/h7-8,17H,3-6,15H2,1-2H3. The zero-order valence-electron chi connectivity index (χ0n) is 10.7. The van der Waals surface area contributed by atoms with Gasteiger partial charge in [0, 0.05) is 35.4 Å². The highest BCUT2D eigenvalue weighted by molar-refractivity contribution is 9.10. The maximum absolute atomic E-state index is 12.4. The number of anilines is 1. The van der Waals surface area contributed by atoms with Crippen molar-refractivity contribution in [2.45, 2.75) is 20.3 Å². The molecule has 3 N–H and O–H groups in total. The molecule has 0 unspecified atom stereocenters. The van der Waals surface area contributed by atoms with Gasteiger partial charge >= 0.3 is 0 Å². The van der Waals surface area contributed by atoms with Gasteiger partial charge in [-0.05, 0) is 38.0 Å². The van der Waals surface area contributed by atoms with Gasteiger partial charge in [-0.2, -0.15) is 0 Å². The number of rotatable bonds is 5. The van der Waals surface area contributed by atoms with E-state index in [2.05, 4.69) is 15.9 Å². The van der Waals surface area contributed by atoms with Crippen molar-refractivity contribution in [2.75, 3.05) is 25.4 Å². The molecule has 0 aliphatic rings. The van der Waals surface area contributed by atoms with E-state index in [0.29, 0.717) is 30.8 Å². The van der Waals surface area contributed by atoms with Gasteiger partial charge in [-0.1, -0.05) is 15.9 Å². The summed E-state index contributed by atoms with van der Waals surface area (Å²) in [5.41, 5.74) is 7.87. The molecule has 0 bridgehead atoms. The number of nitrogens with zero attached hydrogens (tertiary/aromatic N) is 1. The van der Waals surface area contributed by atoms with Crippen LogP contribution in [0.15, 0.2) is 16.6 Å². The lowest BCUT2D eigenvalue weighted by Gasteiger charge is -2.22. The topological polar surface area (TPSA) is 66.6 Å². The van der Waals surface area contributed by atoms with Crippen LogP contribution < -0.4 is 5.73 Å². The van der Waals surface area contributed by atoms with Gasteiger partial charge in [-0.3, -0.25) is 4.79 Å². The van der Waals surface area contributed by atoms with Crippen LogP contribution in [-0.2, 0) is 0 Å². The highest BCUT2D eigenvalue weighted by Crippen LogP contribution is 2.24. The summed E-state index contributed by atoms with van der Waals surface area (Å²) in [5, 5.41) is 8.84. The second kappa shape index (κ2) is 6.75. The number of hydrogen-bond donors (Lipinski definition) is 2. The third-order valence-electron chi connectivity index (χ3n) is 2.90. The van der Waals surface area contributed by atoms with E-state index in [1.165, 1.54) is 0 Å². The lowest BCUT2D eigenvalue weighted by atomic mass is 10.1. The molecular formula is C13H19BrN2O2. The second-order valence-corrected chi connectivity index (χ2v) is 5.05. The van der Waals surface area contributed by atoms with Gasteiger partial charge in [0.2, 0.25) is 0 Å². The Bertz CT molecular complexity index is 435. The molecule has 0 heterocycles. The Labute approximate surface area is 116 Å². The first kappa shape index (κ1) is 15.0. The van der Waals surface area contributed by atoms with Crippen molar-refractivity contribution < 1.29 is 9.90 Å². The monoisotopic (exact) mass is 314 g/mol. The van der Waals surface area contributed by atoms with Crippen molar-refractivity contribution in [1.82, 2.24) is 4.90 Å². The molecule has 0 aliphatic carbocycles. The predicted molar refractivity (Wildman–Crippen MR) is 76.6 cm³/mol. The summed E-state index contributed by atoms with van der Waals surface area (Å²) in [4.78, 5) is 14.1. The molecule has 1 rings (SSSR count). The first-order chi connectivity index (χ1) is 8.51. The molecule has 1 aromatic rings. The van der Waals surface area contributed by atoms with Crippen molar-refractivity contribution >= 4 is 27.5 Å². The summed E-state index contributed by atoms with van der Waals surface area (Å²) in [7, 11) is 0. The molecule has 0 fully saturated rings. The molecule has 0 aromatic heterocycles. The Balaban J connectivity index is 3.01. The number of benzene rings is 1. The van der Waals surface area contributed by atoms with E-state index in [9.17, 15) is 4.79 Å². The molecule has 0 saturated heterocycles. The van der Waals surface area contributed by atoms with Gasteiger partial charge in [0.05, 0.1) is 0 Å². The van der Waals surface area contributed by atoms with Crippen LogP contribution in [0.1, 0.15) is 29.3 Å². The van der Waals surface area contributed by atoms with E-state index in [1.807, 2.05) is 13.8 Å². The average molecular weight is 315 g/mol. The first-order valence-electron chi connectivity index (χ1n) is 5.97. The minimum absolute atomic E-state index is 0.0450. The Hall–Kier alpha value is -1.07. The van der Waals surface area contributed by atoms with Crippen molar-refractivity contribution in [2.24, 2.45) is 0 Å². The number of aliphatic hydroxyl groups excluding tert-OH is 1. The van der Waals surface area contributed by atoms with Crippen molar-refractivity contribution in [3.8, 4) is 0 Å². The molecule has 4 nitrogen and oxygen atoms in total. The first-order valence-corrected chi connectivity index (χ1v) is 6.76. The number of amides is 1. The summed E-state index contributed by atoms with van der Waals surface area (Å²) in [5.74, 6) is -0.0450. The van der Waals surface area contributed by atoms with Crippen molar-refractivity contribution in [3.05, 3.63) is 27.7 Å². The average Bonchev–Trinajstić information content (AvgIpc) is 2.34. The molecule has 1 aromatic carbocycles. The summed E-state index contributed by atoms with van der Waals surface area (Å²) in [6.45, 7) is 5.02. The van der Waals surface area contributed by atoms with Crippen molar-refractivity contribution in [3.63, 3.8) is 0 Å². The largest absolute Gasteiger partial charge is 0.398 e. The Morgan fingerprint density at radius 3 is 2.72 bits per heavy atom. The number of halogens is 1. The predicted octanol–water partition coefficient (Wildman–Crippen LogP) is 2.18. The lowest BCUT2D eigenvalue weighted by Crippen LogP contribution is -2.32. The third-order valence-corrected chi connectivity index (χ3v) is 3.36. The smallest absolute Gasteiger partial charge is 0.254 e. The van der Waals surface area contributed by atoms with Gasteiger partial charge in [-0.15, -0.1) is 0 Å². The molecule has 100 valence electrons. The highest BCUT2D eigenvalue weighted by Gasteiger charge is 2.17. The molecule has 0 saturated carbocycles. The second-order valence-electron chi connectivity index (χ2n) is 4.13. The molecule has 18 heavy (non-hydrogen) atoms. The zero-order valence-corrected chi connectivity index (χ0v) is 12.3. The molecular weight excluding hydrogens is 296 g/mol. The molecule has 0 aliphatic heterocycles. The van der Waals surface area contributed by atoms with E-state index < -0.39 is 0 Å². The van der Waals surface area contributed by atoms with E-state index in [-0.39, 0.29) is 12.5 Å². The fourth-order valence-electron chi connectivity index (χ4n) is 1.76. The van der Waals surface area contributed by atoms with Gasteiger partial charge in [0.25, 0.3) is 5.91 Å². The van der Waals surface area contributed by atoms with Crippen LogP contribution in [0, 0.1) is 6.92 Å². The maximum atomic E-state index is 12.4. The van der Waals surface area contributed by atoms with Crippen LogP contribution >= 0.6 is 15.9 Å². The van der Waals surface area contributed by atoms with E-state index >= 15 is 0 Å². The maximum Gasteiger partial charge on any atom is 0.254 e. The summed E-state index contributed by atoms with van der Waals surface area (Å²) in [6, 6.07) is 3.58. The third kappa shape index (κ3) is 3.46. The lowest BCUT2D eigenvalue weighted by molar-refractivity contribution is 0.0753. The molecule has 5 heteroatoms. The highest BCUT2D eigenvalue weighted by atomic mass is 79.9. The minimum Gasteiger partial charge on any atom is -0.398 e. The molecule has 0 radical (unpaired) electrons. The van der Waals surface area contributed by atoms with Crippen LogP contribution in [-0.4, -0.2) is 35.6 Å². The van der Waals surface area contributed by atoms with E-state index in [4.69, 9.17) is 10.8 Å². The Morgan fingerprint density at radius 1 is 1.50 bits per heavy atom. The van der Waals surface area contributed by atoms with Crippen LogP contribution in [0.2, 0.25) is 0 Å². The van der Waals surface area contributed by atoms with Crippen LogP contribution in [0.3, 0.4) is 0 Å². The van der Waals surface area contributed by atoms with Gasteiger partial charge in [-0.25, -0.2) is 0 Å². The Morgan fingerprint density at radius 2 is 2.17 bits per heavy atom. The van der Waals surface area contributed by atoms with Crippen molar-refractivity contribution in [1.29, 1.82) is 0 Å². The number of aliphatic hydroxyl groups is 1. The SMILES string of the molecule is CCN(CCCO)C(=O)c1cc(Br)cc(N)c1C. The van der Waals surface area contributed by atoms with Gasteiger partial charge < -0.3 is 15.7 Å². The minimum atomic E-state index is -0.0450. The number of carbonyl (C=O) groups excluding carboxylic acids is 1. The van der Waals surface area contributed by atoms with Crippen LogP contribution in [0.4, 0.5) is 5.69 Å². The summed E-state index contributed by atoms with van der Waals surface area (Å²) < 4.78 is 0.798. The van der Waals surface area contributed by atoms with Gasteiger partial charge in [0.1, 0.15) is 0 Å². The normalized spacial score (nSPS) is 10.4. The number of nitrogens with two attached hydrogens (primary N) is 1. The van der Waals surface area contributed by atoms with E-state index in [0.717, 1.165) is 10.0 Å². The zero-order chi connectivity index (χ0) is 13.7. The molecule has 1 amide bonds. The van der Waals surface area contributed by atoms with Gasteiger partial charge in [0.15, 0.2) is 0 Å². The number of nitrogen functional groups attached to an aromatic ring is 1. The fraction of sp³-hybridized carbons (Fsp3) is 0.462. The Kier molecular flexibility index (Phi) is 5.62. The fourth-order valence-corrected chi connectivity index (χ4v) is 2.23. The quantitative estimate of drug-likeness (QED) is 0.819. The van der Waals surface area contributed by atoms with Crippen LogP contribution in [0.5, 0.6) is 0 Å². The van der Waals surface area contributed by atoms with Crippen LogP contribution in [0.25, 0.3) is 0 Å². The number of hydrogen-bond acceptors (Lipinski definition) is 3. The summed E-state index contributed by atoms with van der Waals surface area (Å²) in [6.07, 6.45) is 0.585. The molecule has 0 atom stereocenters. The van der Waals surface area contributed by atoms with E-state index in [1.54, 1.807) is 17.0 Å². The summed E-state index contributed by atoms with van der Waals surface area (Å²) >= 11 is 3.35.